The molecule has 5 rings (SSSR count). The second-order valence-corrected chi connectivity index (χ2v) is 8.13. The van der Waals surface area contributed by atoms with E-state index >= 15 is 4.39 Å². The van der Waals surface area contributed by atoms with Crippen molar-refractivity contribution in [3.8, 4) is 5.75 Å². The highest BCUT2D eigenvalue weighted by atomic mass is 19.1. The van der Waals surface area contributed by atoms with Gasteiger partial charge in [-0.25, -0.2) is 14.0 Å². The van der Waals surface area contributed by atoms with Crippen molar-refractivity contribution in [3.63, 3.8) is 0 Å². The summed E-state index contributed by atoms with van der Waals surface area (Å²) in [6, 6.07) is 10.1. The van der Waals surface area contributed by atoms with Gasteiger partial charge in [0.2, 0.25) is 5.43 Å². The van der Waals surface area contributed by atoms with E-state index in [1.165, 1.54) is 10.8 Å². The van der Waals surface area contributed by atoms with Crippen LogP contribution in [-0.4, -0.2) is 28.3 Å². The smallest absolute Gasteiger partial charge is 0.408 e. The van der Waals surface area contributed by atoms with E-state index in [4.69, 9.17) is 9.47 Å². The number of aromatic carboxylic acids is 1. The molecule has 0 radical (unpaired) electrons. The molecule has 1 aromatic heterocycles. The summed E-state index contributed by atoms with van der Waals surface area (Å²) < 4.78 is 27.9. The van der Waals surface area contributed by atoms with E-state index in [1.807, 2.05) is 30.3 Å². The van der Waals surface area contributed by atoms with E-state index in [0.717, 1.165) is 11.6 Å². The van der Waals surface area contributed by atoms with Gasteiger partial charge in [0.15, 0.2) is 5.75 Å². The number of carboxylic acids is 1. The number of nitrogens with one attached hydrogen (secondary N) is 1. The fourth-order valence-electron chi connectivity index (χ4n) is 4.16. The fourth-order valence-corrected chi connectivity index (χ4v) is 4.16. The zero-order valence-electron chi connectivity index (χ0n) is 17.4. The number of hydrogen-bond donors (Lipinski definition) is 2. The highest BCUT2D eigenvalue weighted by Gasteiger charge is 2.51. The lowest BCUT2D eigenvalue weighted by molar-refractivity contribution is 0.0695. The molecule has 1 aliphatic heterocycles. The number of carboxylic acid groups (broad SMARTS) is 1. The number of ether oxygens (including phenoxy) is 2. The Morgan fingerprint density at radius 2 is 2.00 bits per heavy atom. The van der Waals surface area contributed by atoms with Crippen LogP contribution in [0.5, 0.6) is 5.75 Å². The maximum Gasteiger partial charge on any atom is 0.408 e. The van der Waals surface area contributed by atoms with Gasteiger partial charge in [0.1, 0.15) is 24.6 Å². The summed E-state index contributed by atoms with van der Waals surface area (Å²) >= 11 is 0. The van der Waals surface area contributed by atoms with Gasteiger partial charge < -0.3 is 24.5 Å². The van der Waals surface area contributed by atoms with Crippen molar-refractivity contribution in [2.75, 3.05) is 6.61 Å². The molecule has 0 spiro atoms. The fraction of sp³-hybridized carbons (Fsp3) is 0.208. The molecule has 1 aliphatic carbocycles. The Morgan fingerprint density at radius 3 is 2.67 bits per heavy atom. The Morgan fingerprint density at radius 1 is 1.27 bits per heavy atom. The summed E-state index contributed by atoms with van der Waals surface area (Å²) in [6.07, 6.45) is 1.36. The van der Waals surface area contributed by atoms with E-state index in [1.54, 1.807) is 0 Å². The van der Waals surface area contributed by atoms with Crippen molar-refractivity contribution in [1.29, 1.82) is 0 Å². The zero-order valence-corrected chi connectivity index (χ0v) is 17.4. The predicted molar refractivity (Wildman–Crippen MR) is 117 cm³/mol. The molecule has 8 nitrogen and oxygen atoms in total. The molecule has 2 aromatic carbocycles. The van der Waals surface area contributed by atoms with E-state index in [-0.39, 0.29) is 35.4 Å². The van der Waals surface area contributed by atoms with Crippen LogP contribution in [0.1, 0.15) is 34.3 Å². The van der Waals surface area contributed by atoms with Gasteiger partial charge in [-0.2, -0.15) is 0 Å². The van der Waals surface area contributed by atoms with Crippen LogP contribution >= 0.6 is 0 Å². The molecule has 33 heavy (non-hydrogen) atoms. The van der Waals surface area contributed by atoms with Crippen LogP contribution < -0.4 is 15.5 Å². The normalized spacial score (nSPS) is 15.6. The summed E-state index contributed by atoms with van der Waals surface area (Å²) in [5, 5.41) is 12.0. The molecule has 3 aromatic rings. The van der Waals surface area contributed by atoms with Crippen molar-refractivity contribution in [1.82, 2.24) is 9.88 Å². The SMILES string of the molecule is C=C1COc2c(C3(NC(=O)OCc4ccccc4)CC3)c(F)cc3c(=O)c(C(=O)O)cn1c23. The Kier molecular flexibility index (Phi) is 4.70. The third-order valence-corrected chi connectivity index (χ3v) is 5.93. The summed E-state index contributed by atoms with van der Waals surface area (Å²) in [4.78, 5) is 36.7. The van der Waals surface area contributed by atoms with Gasteiger partial charge >= 0.3 is 12.1 Å². The minimum absolute atomic E-state index is 0.0327. The molecule has 0 saturated heterocycles. The molecular formula is C24H19FN2O6. The molecule has 0 unspecified atom stereocenters. The van der Waals surface area contributed by atoms with Crippen LogP contribution in [0.2, 0.25) is 0 Å². The second-order valence-electron chi connectivity index (χ2n) is 8.13. The number of pyridine rings is 1. The Bertz CT molecular complexity index is 1390. The largest absolute Gasteiger partial charge is 0.485 e. The minimum atomic E-state index is -1.42. The average Bonchev–Trinajstić information content (AvgIpc) is 3.56. The van der Waals surface area contributed by atoms with Crippen LogP contribution in [0.3, 0.4) is 0 Å². The van der Waals surface area contributed by atoms with Gasteiger partial charge in [-0.3, -0.25) is 4.79 Å². The first-order valence-electron chi connectivity index (χ1n) is 10.3. The Balaban J connectivity index is 1.55. The Labute approximate surface area is 186 Å². The molecule has 2 N–H and O–H groups in total. The zero-order chi connectivity index (χ0) is 23.3. The summed E-state index contributed by atoms with van der Waals surface area (Å²) in [5.74, 6) is -2.10. The standard InChI is InChI=1S/C24H19FN2O6/c1-13-11-32-21-18(17(25)9-15-19(21)27(13)10-16(20(15)28)22(29)30)24(7-8-24)26-23(31)33-12-14-5-3-2-4-6-14/h2-6,9-10H,1,7-8,11-12H2,(H,26,31)(H,29,30). The molecule has 9 heteroatoms. The van der Waals surface area contributed by atoms with Crippen molar-refractivity contribution in [2.24, 2.45) is 0 Å². The Hall–Kier alpha value is -4.14. The molecule has 2 aliphatic rings. The topological polar surface area (TPSA) is 107 Å². The third-order valence-electron chi connectivity index (χ3n) is 5.93. The number of rotatable bonds is 5. The van der Waals surface area contributed by atoms with Gasteiger partial charge in [-0.1, -0.05) is 36.9 Å². The second kappa shape index (κ2) is 7.47. The van der Waals surface area contributed by atoms with E-state index in [0.29, 0.717) is 18.5 Å². The van der Waals surface area contributed by atoms with Gasteiger partial charge in [-0.05, 0) is 24.5 Å². The number of amides is 1. The average molecular weight is 450 g/mol. The highest BCUT2D eigenvalue weighted by Crippen LogP contribution is 2.52. The van der Waals surface area contributed by atoms with Crippen LogP contribution in [-0.2, 0) is 16.9 Å². The number of nitrogens with zero attached hydrogens (tertiary/aromatic N) is 1. The highest BCUT2D eigenvalue weighted by molar-refractivity contribution is 5.97. The van der Waals surface area contributed by atoms with Crippen molar-refractivity contribution >= 4 is 28.7 Å². The number of carbonyl (C=O) groups is 2. The number of halogens is 1. The first kappa shape index (κ1) is 20.7. The first-order valence-corrected chi connectivity index (χ1v) is 10.3. The first-order chi connectivity index (χ1) is 15.8. The van der Waals surface area contributed by atoms with E-state index in [9.17, 15) is 19.5 Å². The number of aromatic nitrogens is 1. The monoisotopic (exact) mass is 450 g/mol. The molecule has 1 amide bonds. The van der Waals surface area contributed by atoms with E-state index in [2.05, 4.69) is 11.9 Å². The van der Waals surface area contributed by atoms with Crippen LogP contribution in [0.25, 0.3) is 16.6 Å². The van der Waals surface area contributed by atoms with Gasteiger partial charge in [0, 0.05) is 6.20 Å². The lowest BCUT2D eigenvalue weighted by Gasteiger charge is -2.28. The number of hydrogen-bond acceptors (Lipinski definition) is 5. The predicted octanol–water partition coefficient (Wildman–Crippen LogP) is 3.62. The van der Waals surface area contributed by atoms with Crippen molar-refractivity contribution < 1.29 is 28.6 Å². The van der Waals surface area contributed by atoms with Crippen LogP contribution in [0.15, 0.2) is 54.0 Å². The van der Waals surface area contributed by atoms with Crippen molar-refractivity contribution in [3.05, 3.63) is 81.9 Å². The molecule has 168 valence electrons. The van der Waals surface area contributed by atoms with Gasteiger partial charge in [0.25, 0.3) is 0 Å². The van der Waals surface area contributed by atoms with Gasteiger partial charge in [0.05, 0.1) is 27.7 Å². The molecule has 2 heterocycles. The number of benzene rings is 2. The molecular weight excluding hydrogens is 431 g/mol. The number of carbonyl (C=O) groups excluding carboxylic acids is 1. The van der Waals surface area contributed by atoms with Crippen LogP contribution in [0, 0.1) is 5.82 Å². The minimum Gasteiger partial charge on any atom is -0.485 e. The number of alkyl carbamates (subject to hydrolysis) is 1. The summed E-state index contributed by atoms with van der Waals surface area (Å²) in [7, 11) is 0. The molecule has 0 bridgehead atoms. The van der Waals surface area contributed by atoms with Crippen LogP contribution in [0.4, 0.5) is 9.18 Å². The summed E-state index contributed by atoms with van der Waals surface area (Å²) in [6.45, 7) is 3.89. The summed E-state index contributed by atoms with van der Waals surface area (Å²) in [5.41, 5.74) is -0.825. The third kappa shape index (κ3) is 3.42. The molecule has 1 fully saturated rings. The quantitative estimate of drug-likeness (QED) is 0.615. The van der Waals surface area contributed by atoms with Gasteiger partial charge in [-0.15, -0.1) is 0 Å². The maximum absolute atomic E-state index is 15.4. The molecule has 1 saturated carbocycles. The lowest BCUT2D eigenvalue weighted by Crippen LogP contribution is -2.37. The molecule has 0 atom stereocenters. The van der Waals surface area contributed by atoms with E-state index < -0.39 is 34.4 Å². The lowest BCUT2D eigenvalue weighted by atomic mass is 9.98. The van der Waals surface area contributed by atoms with Crippen molar-refractivity contribution in [2.45, 2.75) is 25.0 Å². The maximum atomic E-state index is 15.4.